The van der Waals surface area contributed by atoms with Crippen LogP contribution >= 0.6 is 23.1 Å². The summed E-state index contributed by atoms with van der Waals surface area (Å²) in [6.45, 7) is 7.68. The monoisotopic (exact) mass is 342 g/mol. The number of thiophene rings is 1. The Morgan fingerprint density at radius 3 is 2.73 bits per heavy atom. The van der Waals surface area contributed by atoms with Crippen LogP contribution in [0.5, 0.6) is 0 Å². The third-order valence-electron chi connectivity index (χ3n) is 3.37. The highest BCUT2D eigenvalue weighted by Crippen LogP contribution is 2.48. The van der Waals surface area contributed by atoms with Gasteiger partial charge in [-0.2, -0.15) is 0 Å². The lowest BCUT2D eigenvalue weighted by Gasteiger charge is -2.27. The molecular formula is C14H23BN2O3S2. The van der Waals surface area contributed by atoms with E-state index in [9.17, 15) is 0 Å². The summed E-state index contributed by atoms with van der Waals surface area (Å²) in [5.41, 5.74) is -0.349. The van der Waals surface area contributed by atoms with E-state index in [0.717, 1.165) is 26.2 Å². The van der Waals surface area contributed by atoms with Crippen molar-refractivity contribution in [2.45, 2.75) is 30.6 Å². The van der Waals surface area contributed by atoms with Gasteiger partial charge in [0.2, 0.25) is 0 Å². The Labute approximate surface area is 140 Å². The van der Waals surface area contributed by atoms with Crippen molar-refractivity contribution in [2.75, 3.05) is 19.6 Å². The van der Waals surface area contributed by atoms with Gasteiger partial charge in [0.1, 0.15) is 5.44 Å². The summed E-state index contributed by atoms with van der Waals surface area (Å²) in [6, 6.07) is 4.31. The Morgan fingerprint density at radius 2 is 2.05 bits per heavy atom. The van der Waals surface area contributed by atoms with Gasteiger partial charge in [0.15, 0.2) is 0 Å². The molecule has 1 aromatic rings. The molecule has 0 radical (unpaired) electrons. The van der Waals surface area contributed by atoms with Crippen LogP contribution in [0.25, 0.3) is 0 Å². The Hall–Kier alpha value is -0.345. The number of likely N-dealkylation sites (N-methyl/N-ethyl adjacent to an activating group) is 1. The zero-order valence-corrected chi connectivity index (χ0v) is 14.5. The van der Waals surface area contributed by atoms with Gasteiger partial charge in [-0.05, 0) is 31.3 Å². The first-order chi connectivity index (χ1) is 10.6. The van der Waals surface area contributed by atoms with Crippen molar-refractivity contribution in [1.82, 2.24) is 10.6 Å². The van der Waals surface area contributed by atoms with Crippen molar-refractivity contribution >= 4 is 30.4 Å². The van der Waals surface area contributed by atoms with Gasteiger partial charge >= 0.3 is 7.32 Å². The van der Waals surface area contributed by atoms with Gasteiger partial charge in [0.25, 0.3) is 0 Å². The van der Waals surface area contributed by atoms with Crippen LogP contribution in [0.2, 0.25) is 0 Å². The third kappa shape index (κ3) is 4.58. The molecule has 2 unspecified atom stereocenters. The third-order valence-corrected chi connectivity index (χ3v) is 6.18. The molecule has 0 saturated carbocycles. The fourth-order valence-corrected chi connectivity index (χ4v) is 4.86. The molecular weight excluding hydrogens is 319 g/mol. The molecule has 0 saturated heterocycles. The van der Waals surface area contributed by atoms with Gasteiger partial charge < -0.3 is 25.3 Å². The van der Waals surface area contributed by atoms with Gasteiger partial charge in [-0.3, -0.25) is 0 Å². The van der Waals surface area contributed by atoms with Crippen LogP contribution in [0.4, 0.5) is 0 Å². The molecule has 0 bridgehead atoms. The standard InChI is InChI=1S/C14H23BN2O3S2/c1-3-16-9-11-5-6-12(21-11)14(10-17-4-2)8-7-13(22-14)20-15(18)19/h5-8,13,16-19H,3-4,9-10H2,1-2H3. The average molecular weight is 342 g/mol. The van der Waals surface area contributed by atoms with Crippen molar-refractivity contribution in [3.63, 3.8) is 0 Å². The van der Waals surface area contributed by atoms with E-state index in [1.807, 2.05) is 6.08 Å². The van der Waals surface area contributed by atoms with Crippen molar-refractivity contribution in [3.05, 3.63) is 34.0 Å². The first-order valence-corrected chi connectivity index (χ1v) is 9.18. The molecule has 2 heterocycles. The predicted molar refractivity (Wildman–Crippen MR) is 93.7 cm³/mol. The summed E-state index contributed by atoms with van der Waals surface area (Å²) >= 11 is 3.38. The van der Waals surface area contributed by atoms with E-state index in [1.54, 1.807) is 23.1 Å². The van der Waals surface area contributed by atoms with Crippen molar-refractivity contribution in [3.8, 4) is 0 Å². The van der Waals surface area contributed by atoms with E-state index in [2.05, 4.69) is 42.7 Å². The van der Waals surface area contributed by atoms with Gasteiger partial charge in [-0.15, -0.1) is 23.1 Å². The number of hydrogen-bond acceptors (Lipinski definition) is 7. The van der Waals surface area contributed by atoms with Gasteiger partial charge in [0, 0.05) is 22.8 Å². The maximum absolute atomic E-state index is 9.00. The number of thioether (sulfide) groups is 1. The van der Waals surface area contributed by atoms with Crippen molar-refractivity contribution in [2.24, 2.45) is 0 Å². The van der Waals surface area contributed by atoms with Crippen LogP contribution in [-0.2, 0) is 15.9 Å². The molecule has 2 atom stereocenters. The van der Waals surface area contributed by atoms with E-state index < -0.39 is 7.32 Å². The van der Waals surface area contributed by atoms with Gasteiger partial charge in [0.05, 0.1) is 4.75 Å². The van der Waals surface area contributed by atoms with Crippen molar-refractivity contribution in [1.29, 1.82) is 0 Å². The highest BCUT2D eigenvalue weighted by atomic mass is 32.2. The molecule has 1 aromatic heterocycles. The maximum atomic E-state index is 9.00. The average Bonchev–Trinajstić information content (AvgIpc) is 3.10. The normalized spacial score (nSPS) is 24.1. The Balaban J connectivity index is 2.13. The lowest BCUT2D eigenvalue weighted by atomic mass is 10.1. The van der Waals surface area contributed by atoms with E-state index in [-0.39, 0.29) is 10.2 Å². The Kier molecular flexibility index (Phi) is 6.95. The summed E-state index contributed by atoms with van der Waals surface area (Å²) in [4.78, 5) is 2.55. The van der Waals surface area contributed by atoms with Crippen LogP contribution in [-0.4, -0.2) is 42.4 Å². The molecule has 0 fully saturated rings. The SMILES string of the molecule is CCNCc1ccc(C2(CNCC)C=CC(OB(O)O)S2)s1. The molecule has 1 aliphatic rings. The minimum Gasteiger partial charge on any atom is -0.402 e. The van der Waals surface area contributed by atoms with Crippen LogP contribution < -0.4 is 10.6 Å². The zero-order chi connectivity index (χ0) is 16.0. The van der Waals surface area contributed by atoms with Crippen LogP contribution in [0, 0.1) is 0 Å². The smallest absolute Gasteiger partial charge is 0.402 e. The number of nitrogens with one attached hydrogen (secondary N) is 2. The van der Waals surface area contributed by atoms with E-state index in [0.29, 0.717) is 0 Å². The van der Waals surface area contributed by atoms with E-state index >= 15 is 0 Å². The topological polar surface area (TPSA) is 73.8 Å². The van der Waals surface area contributed by atoms with Crippen LogP contribution in [0.3, 0.4) is 0 Å². The zero-order valence-electron chi connectivity index (χ0n) is 12.9. The molecule has 22 heavy (non-hydrogen) atoms. The second kappa shape index (κ2) is 8.49. The summed E-state index contributed by atoms with van der Waals surface area (Å²) in [5.74, 6) is 0. The van der Waals surface area contributed by atoms with E-state index in [1.165, 1.54) is 9.75 Å². The minimum atomic E-state index is -1.75. The molecule has 0 spiro atoms. The summed E-state index contributed by atoms with van der Waals surface area (Å²) < 4.78 is 4.87. The molecule has 122 valence electrons. The second-order valence-corrected chi connectivity index (χ2v) is 7.62. The Morgan fingerprint density at radius 1 is 1.27 bits per heavy atom. The molecule has 8 heteroatoms. The summed E-state index contributed by atoms with van der Waals surface area (Å²) in [7, 11) is -1.75. The highest BCUT2D eigenvalue weighted by Gasteiger charge is 2.39. The lowest BCUT2D eigenvalue weighted by molar-refractivity contribution is 0.192. The number of rotatable bonds is 9. The van der Waals surface area contributed by atoms with Gasteiger partial charge in [-0.1, -0.05) is 19.9 Å². The Bertz CT molecular complexity index is 498. The molecule has 4 N–H and O–H groups in total. The van der Waals surface area contributed by atoms with Crippen molar-refractivity contribution < 1.29 is 14.7 Å². The molecule has 2 rings (SSSR count). The van der Waals surface area contributed by atoms with E-state index in [4.69, 9.17) is 14.7 Å². The molecule has 0 aromatic carbocycles. The minimum absolute atomic E-state index is 0.218. The predicted octanol–water partition coefficient (Wildman–Crippen LogP) is 1.28. The quantitative estimate of drug-likeness (QED) is 0.400. The summed E-state index contributed by atoms with van der Waals surface area (Å²) in [6.07, 6.45) is 4.00. The molecule has 1 aliphatic heterocycles. The largest absolute Gasteiger partial charge is 0.634 e. The summed E-state index contributed by atoms with van der Waals surface area (Å²) in [5, 5.41) is 24.7. The fourth-order valence-electron chi connectivity index (χ4n) is 2.30. The molecule has 0 amide bonds. The van der Waals surface area contributed by atoms with Gasteiger partial charge in [-0.25, -0.2) is 0 Å². The first-order valence-electron chi connectivity index (χ1n) is 7.49. The second-order valence-electron chi connectivity index (χ2n) is 5.02. The molecule has 5 nitrogen and oxygen atoms in total. The lowest BCUT2D eigenvalue weighted by Crippen LogP contribution is -2.33. The van der Waals surface area contributed by atoms with Crippen LogP contribution in [0.1, 0.15) is 23.6 Å². The van der Waals surface area contributed by atoms with Crippen LogP contribution in [0.15, 0.2) is 24.3 Å². The number of hydrogen-bond donors (Lipinski definition) is 4. The molecule has 0 aliphatic carbocycles. The first kappa shape index (κ1) is 18.0. The fraction of sp³-hybridized carbons (Fsp3) is 0.571. The highest BCUT2D eigenvalue weighted by molar-refractivity contribution is 8.01. The maximum Gasteiger partial charge on any atom is 0.634 e.